The van der Waals surface area contributed by atoms with E-state index in [1.54, 1.807) is 0 Å². The molecule has 0 rings (SSSR count). The summed E-state index contributed by atoms with van der Waals surface area (Å²) in [5.41, 5.74) is 0. The fourth-order valence-corrected chi connectivity index (χ4v) is 0.707. The monoisotopic (exact) mass is 388 g/mol. The first-order valence-electron chi connectivity index (χ1n) is 6.39. The van der Waals surface area contributed by atoms with Crippen LogP contribution in [0.5, 0.6) is 0 Å². The van der Waals surface area contributed by atoms with Crippen molar-refractivity contribution in [2.24, 2.45) is 0 Å². The maximum absolute atomic E-state index is 7.56. The first-order valence-corrected chi connectivity index (χ1v) is 11.7. The highest BCUT2D eigenvalue weighted by atomic mass is 32.5. The van der Waals surface area contributed by atoms with Crippen molar-refractivity contribution in [1.29, 1.82) is 0 Å². The molecule has 6 nitrogen and oxygen atoms in total. The molecule has 0 unspecified atom stereocenters. The number of unbranched alkanes of at least 4 members (excludes halogenated alkanes) is 4. The Kier molecular flexibility index (Phi) is 37.3. The third-order valence-corrected chi connectivity index (χ3v) is 1.41. The minimum Gasteiger partial charge on any atom is -0.325 e. The van der Waals surface area contributed by atoms with Crippen LogP contribution in [-0.4, -0.2) is 29.4 Å². The van der Waals surface area contributed by atoms with Crippen molar-refractivity contribution >= 4 is 37.1 Å². The lowest BCUT2D eigenvalue weighted by molar-refractivity contribution is 0.361. The standard InChI is InChI=1S/2C5H12.CH4.2H3O3PS/c2*1-3-5-4-2;;2*1-4(2,3)5/h2*3-5H2,1-2H3;1H4;2*(H3,1,2,3,5). The molecule has 136 valence electrons. The van der Waals surface area contributed by atoms with Gasteiger partial charge in [0.05, 0.1) is 0 Å². The predicted molar refractivity (Wildman–Crippen MR) is 99.0 cm³/mol. The molecule has 0 fully saturated rings. The van der Waals surface area contributed by atoms with Gasteiger partial charge in [-0.3, -0.25) is 0 Å². The van der Waals surface area contributed by atoms with E-state index < -0.39 is 13.4 Å². The summed E-state index contributed by atoms with van der Waals surface area (Å²) < 4.78 is 0. The van der Waals surface area contributed by atoms with Crippen LogP contribution in [0.3, 0.4) is 0 Å². The molecule has 0 amide bonds. The molecule has 0 spiro atoms. The molecule has 0 aromatic rings. The zero-order valence-electron chi connectivity index (χ0n) is 12.6. The van der Waals surface area contributed by atoms with E-state index in [2.05, 4.69) is 51.3 Å². The van der Waals surface area contributed by atoms with Gasteiger partial charge in [0, 0.05) is 0 Å². The Morgan fingerprint density at radius 3 is 0.667 bits per heavy atom. The van der Waals surface area contributed by atoms with Crippen LogP contribution in [0, 0.1) is 0 Å². The molecule has 0 aliphatic carbocycles. The molecule has 0 bridgehead atoms. The van der Waals surface area contributed by atoms with Gasteiger partial charge in [-0.2, -0.15) is 0 Å². The topological polar surface area (TPSA) is 121 Å². The van der Waals surface area contributed by atoms with E-state index >= 15 is 0 Å². The second-order valence-electron chi connectivity index (χ2n) is 3.73. The van der Waals surface area contributed by atoms with Crippen molar-refractivity contribution in [2.75, 3.05) is 0 Å². The van der Waals surface area contributed by atoms with Gasteiger partial charge in [-0.25, -0.2) is 0 Å². The molecule has 0 aromatic carbocycles. The van der Waals surface area contributed by atoms with Crippen molar-refractivity contribution in [3.8, 4) is 0 Å². The van der Waals surface area contributed by atoms with Crippen molar-refractivity contribution in [3.05, 3.63) is 0 Å². The summed E-state index contributed by atoms with van der Waals surface area (Å²) in [6, 6.07) is 0. The molecule has 0 aliphatic rings. The number of rotatable bonds is 4. The third-order valence-electron chi connectivity index (χ3n) is 1.41. The lowest BCUT2D eigenvalue weighted by Crippen LogP contribution is -1.65. The van der Waals surface area contributed by atoms with E-state index in [1.807, 2.05) is 0 Å². The van der Waals surface area contributed by atoms with Crippen molar-refractivity contribution in [1.82, 2.24) is 0 Å². The molecule has 0 saturated heterocycles. The van der Waals surface area contributed by atoms with Crippen molar-refractivity contribution < 1.29 is 29.4 Å². The molecule has 0 heterocycles. The van der Waals surface area contributed by atoms with Crippen LogP contribution >= 0.6 is 13.4 Å². The summed E-state index contributed by atoms with van der Waals surface area (Å²) in [6.45, 7) is 1.24. The SMILES string of the molecule is C.CCCCC.CCCCC.OP(O)(O)=S.OP(O)(O)=S. The summed E-state index contributed by atoms with van der Waals surface area (Å²) in [6.07, 6.45) is 8.15. The molecule has 0 aromatic heterocycles. The number of hydrogen-bond donors (Lipinski definition) is 6. The van der Waals surface area contributed by atoms with Crippen LogP contribution in [0.15, 0.2) is 0 Å². The Morgan fingerprint density at radius 2 is 0.667 bits per heavy atom. The fraction of sp³-hybridized carbons (Fsp3) is 1.00. The first-order chi connectivity index (χ1) is 8.83. The minimum absolute atomic E-state index is 0. The highest BCUT2D eigenvalue weighted by molar-refractivity contribution is 8.06. The number of hydrogen-bond acceptors (Lipinski definition) is 2. The molecule has 0 saturated carbocycles. The molecule has 0 radical (unpaired) electrons. The van der Waals surface area contributed by atoms with Crippen LogP contribution in [0.1, 0.15) is 73.6 Å². The van der Waals surface area contributed by atoms with Crippen LogP contribution in [0.4, 0.5) is 0 Å². The van der Waals surface area contributed by atoms with Crippen LogP contribution in [0.25, 0.3) is 0 Å². The Labute approximate surface area is 140 Å². The van der Waals surface area contributed by atoms with E-state index in [0.29, 0.717) is 0 Å². The van der Waals surface area contributed by atoms with Gasteiger partial charge >= 0.3 is 13.4 Å². The van der Waals surface area contributed by atoms with E-state index in [1.165, 1.54) is 38.5 Å². The molecule has 0 atom stereocenters. The van der Waals surface area contributed by atoms with Gasteiger partial charge in [-0.05, 0) is 23.6 Å². The maximum atomic E-state index is 7.56. The van der Waals surface area contributed by atoms with Gasteiger partial charge in [0.2, 0.25) is 0 Å². The van der Waals surface area contributed by atoms with Gasteiger partial charge in [-0.1, -0.05) is 73.6 Å². The van der Waals surface area contributed by atoms with Crippen molar-refractivity contribution in [2.45, 2.75) is 73.6 Å². The van der Waals surface area contributed by atoms with E-state index in [0.717, 1.165) is 0 Å². The zero-order chi connectivity index (χ0) is 17.2. The lowest BCUT2D eigenvalue weighted by Gasteiger charge is -1.88. The quantitative estimate of drug-likeness (QED) is 0.405. The smallest absolute Gasteiger partial charge is 0.319 e. The van der Waals surface area contributed by atoms with E-state index in [4.69, 9.17) is 29.4 Å². The van der Waals surface area contributed by atoms with Crippen LogP contribution < -0.4 is 0 Å². The zero-order valence-corrected chi connectivity index (χ0v) is 16.1. The predicted octanol–water partition coefficient (Wildman–Crippen LogP) is 3.40. The van der Waals surface area contributed by atoms with Crippen LogP contribution in [0.2, 0.25) is 0 Å². The second kappa shape index (κ2) is 23.3. The van der Waals surface area contributed by atoms with Gasteiger partial charge in [-0.15, -0.1) is 0 Å². The Hall–Kier alpha value is 1.06. The summed E-state index contributed by atoms with van der Waals surface area (Å²) in [7, 11) is 0. The van der Waals surface area contributed by atoms with Crippen molar-refractivity contribution in [3.63, 3.8) is 0 Å². The van der Waals surface area contributed by atoms with Gasteiger partial charge < -0.3 is 29.4 Å². The Balaban J connectivity index is -0.0000000533. The summed E-state index contributed by atoms with van der Waals surface area (Å²) in [5, 5.41) is 0. The largest absolute Gasteiger partial charge is 0.325 e. The average molecular weight is 388 g/mol. The summed E-state index contributed by atoms with van der Waals surface area (Å²) in [4.78, 5) is 45.3. The molecule has 10 heteroatoms. The van der Waals surface area contributed by atoms with E-state index in [-0.39, 0.29) is 7.43 Å². The van der Waals surface area contributed by atoms with Gasteiger partial charge in [0.15, 0.2) is 0 Å². The Bertz CT molecular complexity index is 209. The molecular weight excluding hydrogens is 354 g/mol. The lowest BCUT2D eigenvalue weighted by atomic mass is 10.3. The summed E-state index contributed by atoms with van der Waals surface area (Å²) >= 11 is 7.21. The molecule has 21 heavy (non-hydrogen) atoms. The minimum atomic E-state index is -3.81. The molecular formula is C11H34O6P2S2. The summed E-state index contributed by atoms with van der Waals surface area (Å²) in [5.74, 6) is 0. The fourth-order valence-electron chi connectivity index (χ4n) is 0.707. The van der Waals surface area contributed by atoms with Gasteiger partial charge in [0.25, 0.3) is 0 Å². The second-order valence-corrected chi connectivity index (χ2v) is 8.73. The highest BCUT2D eigenvalue weighted by Crippen LogP contribution is 2.26. The van der Waals surface area contributed by atoms with Gasteiger partial charge in [0.1, 0.15) is 0 Å². The molecule has 0 aliphatic heterocycles. The highest BCUT2D eigenvalue weighted by Gasteiger charge is 1.92. The van der Waals surface area contributed by atoms with Crippen LogP contribution in [-0.2, 0) is 23.6 Å². The normalized spacial score (nSPS) is 9.62. The molecule has 6 N–H and O–H groups in total. The Morgan fingerprint density at radius 1 is 0.571 bits per heavy atom. The third kappa shape index (κ3) is 299. The van der Waals surface area contributed by atoms with E-state index in [9.17, 15) is 0 Å². The first kappa shape index (κ1) is 33.6. The maximum Gasteiger partial charge on any atom is 0.319 e. The average Bonchev–Trinajstić information content (AvgIpc) is 2.15.